The molecular formula is C14H17N3O. The highest BCUT2D eigenvalue weighted by atomic mass is 16.2. The second-order valence-electron chi connectivity index (χ2n) is 4.70. The number of anilines is 1. The number of carbonyl (C=O) groups excluding carboxylic acids is 1. The maximum atomic E-state index is 12.4. The predicted molar refractivity (Wildman–Crippen MR) is 72.0 cm³/mol. The summed E-state index contributed by atoms with van der Waals surface area (Å²) >= 11 is 0. The first-order chi connectivity index (χ1) is 8.86. The van der Waals surface area contributed by atoms with Crippen molar-refractivity contribution in [1.82, 2.24) is 5.32 Å². The summed E-state index contributed by atoms with van der Waals surface area (Å²) in [4.78, 5) is 18.6. The first-order valence-electron chi connectivity index (χ1n) is 6.54. The number of benzene rings is 1. The molecule has 2 heterocycles. The molecule has 0 atom stereocenters. The first kappa shape index (κ1) is 11.3. The zero-order valence-electron chi connectivity index (χ0n) is 10.4. The van der Waals surface area contributed by atoms with Crippen molar-refractivity contribution in [2.75, 3.05) is 24.5 Å². The number of para-hydroxylation sites is 1. The summed E-state index contributed by atoms with van der Waals surface area (Å²) in [6, 6.07) is 8.14. The molecule has 3 rings (SSSR count). The molecule has 1 N–H and O–H groups in total. The molecule has 0 bridgehead atoms. The molecule has 0 saturated heterocycles. The summed E-state index contributed by atoms with van der Waals surface area (Å²) in [6.45, 7) is 2.39. The normalized spacial score (nSPS) is 18.7. The van der Waals surface area contributed by atoms with Crippen LogP contribution in [-0.2, 0) is 11.2 Å². The van der Waals surface area contributed by atoms with Crippen molar-refractivity contribution in [3.05, 3.63) is 29.8 Å². The van der Waals surface area contributed by atoms with Crippen LogP contribution in [0.2, 0.25) is 0 Å². The summed E-state index contributed by atoms with van der Waals surface area (Å²) in [5.41, 5.74) is 2.30. The van der Waals surface area contributed by atoms with Crippen molar-refractivity contribution >= 4 is 17.4 Å². The molecule has 4 heteroatoms. The Kier molecular flexibility index (Phi) is 3.00. The monoisotopic (exact) mass is 243 g/mol. The molecule has 0 aliphatic carbocycles. The van der Waals surface area contributed by atoms with Gasteiger partial charge in [0.1, 0.15) is 0 Å². The van der Waals surface area contributed by atoms with Gasteiger partial charge in [0, 0.05) is 25.3 Å². The minimum absolute atomic E-state index is 0.0156. The number of aliphatic imine (C=N–C) groups is 1. The van der Waals surface area contributed by atoms with Gasteiger partial charge in [0.15, 0.2) is 5.84 Å². The summed E-state index contributed by atoms with van der Waals surface area (Å²) in [5.74, 6) is 0.541. The lowest BCUT2D eigenvalue weighted by molar-refractivity contribution is -0.112. The van der Waals surface area contributed by atoms with Crippen LogP contribution < -0.4 is 10.2 Å². The molecule has 94 valence electrons. The van der Waals surface area contributed by atoms with E-state index in [1.165, 1.54) is 5.56 Å². The van der Waals surface area contributed by atoms with Gasteiger partial charge in [0.05, 0.1) is 0 Å². The molecule has 18 heavy (non-hydrogen) atoms. The molecule has 2 aliphatic heterocycles. The highest BCUT2D eigenvalue weighted by Crippen LogP contribution is 2.26. The number of nitrogens with zero attached hydrogens (tertiary/aromatic N) is 2. The highest BCUT2D eigenvalue weighted by molar-refractivity contribution is 6.43. The van der Waals surface area contributed by atoms with E-state index in [1.54, 1.807) is 0 Å². The van der Waals surface area contributed by atoms with Crippen molar-refractivity contribution in [2.24, 2.45) is 4.99 Å². The van der Waals surface area contributed by atoms with Crippen molar-refractivity contribution in [3.63, 3.8) is 0 Å². The summed E-state index contributed by atoms with van der Waals surface area (Å²) < 4.78 is 0. The van der Waals surface area contributed by atoms with Gasteiger partial charge >= 0.3 is 0 Å². The topological polar surface area (TPSA) is 44.7 Å². The number of amides is 1. The fourth-order valence-corrected chi connectivity index (χ4v) is 2.55. The zero-order valence-corrected chi connectivity index (χ0v) is 10.4. The second-order valence-corrected chi connectivity index (χ2v) is 4.70. The quantitative estimate of drug-likeness (QED) is 0.809. The van der Waals surface area contributed by atoms with Crippen LogP contribution in [0.5, 0.6) is 0 Å². The number of hydrogen-bond acceptors (Lipinski definition) is 3. The maximum absolute atomic E-state index is 12.4. The maximum Gasteiger partial charge on any atom is 0.293 e. The molecule has 2 aliphatic rings. The van der Waals surface area contributed by atoms with E-state index in [0.29, 0.717) is 5.84 Å². The van der Waals surface area contributed by atoms with Gasteiger partial charge in [-0.1, -0.05) is 18.2 Å². The summed E-state index contributed by atoms with van der Waals surface area (Å²) in [5, 5.41) is 3.11. The van der Waals surface area contributed by atoms with Crippen molar-refractivity contribution in [3.8, 4) is 0 Å². The van der Waals surface area contributed by atoms with E-state index >= 15 is 0 Å². The number of fused-ring (bicyclic) bond motifs is 1. The summed E-state index contributed by atoms with van der Waals surface area (Å²) in [6.07, 6.45) is 3.09. The first-order valence-corrected chi connectivity index (χ1v) is 6.54. The number of aryl methyl sites for hydroxylation is 1. The highest BCUT2D eigenvalue weighted by Gasteiger charge is 2.26. The van der Waals surface area contributed by atoms with Crippen LogP contribution in [0.25, 0.3) is 0 Å². The molecule has 0 fully saturated rings. The molecule has 0 unspecified atom stereocenters. The second kappa shape index (κ2) is 4.80. The van der Waals surface area contributed by atoms with Crippen LogP contribution in [0.1, 0.15) is 18.4 Å². The lowest BCUT2D eigenvalue weighted by atomic mass is 10.0. The van der Waals surface area contributed by atoms with Crippen LogP contribution in [-0.4, -0.2) is 31.4 Å². The fourth-order valence-electron chi connectivity index (χ4n) is 2.55. The molecular weight excluding hydrogens is 226 g/mol. The average molecular weight is 243 g/mol. The van der Waals surface area contributed by atoms with E-state index in [0.717, 1.165) is 44.6 Å². The standard InChI is InChI=1S/C14H17N3O/c18-14(13-15-8-4-9-16-13)17-10-3-6-11-5-1-2-7-12(11)17/h1-2,5,7H,3-4,6,8-10H2,(H,15,16). The number of amidine groups is 1. The lowest BCUT2D eigenvalue weighted by Crippen LogP contribution is -2.47. The number of nitrogens with one attached hydrogen (secondary N) is 1. The predicted octanol–water partition coefficient (Wildman–Crippen LogP) is 1.36. The van der Waals surface area contributed by atoms with Gasteiger partial charge in [-0.3, -0.25) is 9.79 Å². The third-order valence-electron chi connectivity index (χ3n) is 3.46. The Balaban J connectivity index is 1.89. The Labute approximate surface area is 107 Å². The largest absolute Gasteiger partial charge is 0.366 e. The van der Waals surface area contributed by atoms with E-state index in [1.807, 2.05) is 23.1 Å². The van der Waals surface area contributed by atoms with Gasteiger partial charge in [0.2, 0.25) is 0 Å². The van der Waals surface area contributed by atoms with Gasteiger partial charge in [-0.2, -0.15) is 0 Å². The van der Waals surface area contributed by atoms with Gasteiger partial charge < -0.3 is 10.2 Å². The molecule has 1 aromatic carbocycles. The molecule has 1 amide bonds. The van der Waals surface area contributed by atoms with Gasteiger partial charge in [-0.15, -0.1) is 0 Å². The SMILES string of the molecule is O=C(C1=NCCCN1)N1CCCc2ccccc21. The summed E-state index contributed by atoms with van der Waals surface area (Å²) in [7, 11) is 0. The van der Waals surface area contributed by atoms with Gasteiger partial charge in [0.25, 0.3) is 5.91 Å². The van der Waals surface area contributed by atoms with Crippen LogP contribution in [0, 0.1) is 0 Å². The number of rotatable bonds is 1. The molecule has 4 nitrogen and oxygen atoms in total. The molecule has 0 aromatic heterocycles. The van der Waals surface area contributed by atoms with Crippen LogP contribution in [0.15, 0.2) is 29.3 Å². The van der Waals surface area contributed by atoms with Gasteiger partial charge in [-0.05, 0) is 30.9 Å². The fraction of sp³-hybridized carbons (Fsp3) is 0.429. The molecule has 1 aromatic rings. The van der Waals surface area contributed by atoms with Crippen molar-refractivity contribution in [2.45, 2.75) is 19.3 Å². The number of hydrogen-bond donors (Lipinski definition) is 1. The lowest BCUT2D eigenvalue weighted by Gasteiger charge is -2.30. The van der Waals surface area contributed by atoms with E-state index in [9.17, 15) is 4.79 Å². The Morgan fingerprint density at radius 1 is 1.28 bits per heavy atom. The molecule has 0 radical (unpaired) electrons. The van der Waals surface area contributed by atoms with E-state index in [2.05, 4.69) is 16.4 Å². The minimum atomic E-state index is 0.0156. The van der Waals surface area contributed by atoms with Crippen LogP contribution in [0.3, 0.4) is 0 Å². The van der Waals surface area contributed by atoms with Crippen LogP contribution in [0.4, 0.5) is 5.69 Å². The van der Waals surface area contributed by atoms with Crippen LogP contribution >= 0.6 is 0 Å². The molecule has 0 spiro atoms. The van der Waals surface area contributed by atoms with Gasteiger partial charge in [-0.25, -0.2) is 0 Å². The van der Waals surface area contributed by atoms with E-state index < -0.39 is 0 Å². The third-order valence-corrected chi connectivity index (χ3v) is 3.46. The van der Waals surface area contributed by atoms with Crippen molar-refractivity contribution < 1.29 is 4.79 Å². The Morgan fingerprint density at radius 3 is 3.00 bits per heavy atom. The van der Waals surface area contributed by atoms with E-state index in [-0.39, 0.29) is 5.91 Å². The number of carbonyl (C=O) groups is 1. The van der Waals surface area contributed by atoms with Crippen molar-refractivity contribution in [1.29, 1.82) is 0 Å². The average Bonchev–Trinajstić information content (AvgIpc) is 2.47. The Morgan fingerprint density at radius 2 is 2.17 bits per heavy atom. The molecule has 0 saturated carbocycles. The minimum Gasteiger partial charge on any atom is -0.366 e. The Hall–Kier alpha value is -1.84. The zero-order chi connectivity index (χ0) is 12.4. The smallest absolute Gasteiger partial charge is 0.293 e. The third kappa shape index (κ3) is 1.98. The Bertz CT molecular complexity index is 496. The van der Waals surface area contributed by atoms with E-state index in [4.69, 9.17) is 0 Å².